The molecule has 2 aromatic heterocycles. The summed E-state index contributed by atoms with van der Waals surface area (Å²) in [5.41, 5.74) is 6.31. The second kappa shape index (κ2) is 8.94. The standard InChI is InChI=1S/C27H21N5O3S/c1-35-18-9-11-19-16(13-18)7-10-20-23(19)31-32-24(20)26(34)28-17-8-12-21-22(14-17)36-27(29-21)30-25(33)15-5-3-2-4-6-15/h2-6,8-9,11-14H,7,10H2,1H3,(H,28,34)(H,31,32)(H,29,30,33). The lowest BCUT2D eigenvalue weighted by molar-refractivity contribution is 0.101. The minimum Gasteiger partial charge on any atom is -0.497 e. The summed E-state index contributed by atoms with van der Waals surface area (Å²) in [6, 6.07) is 20.4. The zero-order chi connectivity index (χ0) is 24.6. The van der Waals surface area contributed by atoms with Crippen LogP contribution in [0.4, 0.5) is 10.8 Å². The van der Waals surface area contributed by atoms with Crippen LogP contribution in [0.2, 0.25) is 0 Å². The van der Waals surface area contributed by atoms with Crippen LogP contribution in [0.25, 0.3) is 21.5 Å². The van der Waals surface area contributed by atoms with Gasteiger partial charge in [0.05, 0.1) is 23.0 Å². The second-order valence-electron chi connectivity index (χ2n) is 8.42. The molecular weight excluding hydrogens is 474 g/mol. The molecule has 178 valence electrons. The van der Waals surface area contributed by atoms with Crippen LogP contribution < -0.4 is 15.4 Å². The number of thiazole rings is 1. The number of hydrogen-bond donors (Lipinski definition) is 3. The highest BCUT2D eigenvalue weighted by Gasteiger charge is 2.25. The van der Waals surface area contributed by atoms with Crippen molar-refractivity contribution in [1.29, 1.82) is 0 Å². The first-order valence-electron chi connectivity index (χ1n) is 11.4. The van der Waals surface area contributed by atoms with E-state index in [9.17, 15) is 9.59 Å². The normalized spacial score (nSPS) is 12.0. The quantitative estimate of drug-likeness (QED) is 0.307. The Bertz CT molecular complexity index is 1620. The van der Waals surface area contributed by atoms with Gasteiger partial charge in [-0.15, -0.1) is 0 Å². The number of benzene rings is 3. The molecule has 0 saturated heterocycles. The van der Waals surface area contributed by atoms with Crippen molar-refractivity contribution in [3.8, 4) is 17.0 Å². The topological polar surface area (TPSA) is 109 Å². The molecule has 0 atom stereocenters. The minimum atomic E-state index is -0.248. The van der Waals surface area contributed by atoms with Crippen molar-refractivity contribution in [1.82, 2.24) is 15.2 Å². The summed E-state index contributed by atoms with van der Waals surface area (Å²) in [4.78, 5) is 30.1. The van der Waals surface area contributed by atoms with Crippen molar-refractivity contribution in [2.75, 3.05) is 17.7 Å². The molecule has 8 nitrogen and oxygen atoms in total. The molecule has 0 radical (unpaired) electrons. The number of fused-ring (bicyclic) bond motifs is 4. The van der Waals surface area contributed by atoms with Crippen LogP contribution in [-0.2, 0) is 12.8 Å². The lowest BCUT2D eigenvalue weighted by Crippen LogP contribution is -2.15. The fourth-order valence-corrected chi connectivity index (χ4v) is 5.32. The number of aromatic amines is 1. The summed E-state index contributed by atoms with van der Waals surface area (Å²) in [5.74, 6) is 0.348. The molecule has 0 bridgehead atoms. The first kappa shape index (κ1) is 22.0. The number of anilines is 2. The zero-order valence-corrected chi connectivity index (χ0v) is 20.1. The van der Waals surface area contributed by atoms with Crippen molar-refractivity contribution in [2.24, 2.45) is 0 Å². The number of aryl methyl sites for hydroxylation is 1. The van der Waals surface area contributed by atoms with Crippen molar-refractivity contribution < 1.29 is 14.3 Å². The molecule has 3 N–H and O–H groups in total. The molecule has 0 fully saturated rings. The average molecular weight is 496 g/mol. The van der Waals surface area contributed by atoms with Crippen LogP contribution in [0.1, 0.15) is 32.0 Å². The van der Waals surface area contributed by atoms with Crippen LogP contribution in [0.15, 0.2) is 66.7 Å². The Morgan fingerprint density at radius 3 is 2.67 bits per heavy atom. The predicted molar refractivity (Wildman–Crippen MR) is 140 cm³/mol. The third-order valence-corrected chi connectivity index (χ3v) is 7.14. The molecule has 2 amide bonds. The van der Waals surface area contributed by atoms with E-state index in [2.05, 4.69) is 25.8 Å². The summed E-state index contributed by atoms with van der Waals surface area (Å²) in [6.45, 7) is 0. The fraction of sp³-hybridized carbons (Fsp3) is 0.111. The largest absolute Gasteiger partial charge is 0.497 e. The van der Waals surface area contributed by atoms with Gasteiger partial charge >= 0.3 is 0 Å². The van der Waals surface area contributed by atoms with Gasteiger partial charge in [-0.1, -0.05) is 29.5 Å². The van der Waals surface area contributed by atoms with Gasteiger partial charge in [-0.2, -0.15) is 5.10 Å². The van der Waals surface area contributed by atoms with Crippen molar-refractivity contribution in [2.45, 2.75) is 12.8 Å². The number of ether oxygens (including phenoxy) is 1. The van der Waals surface area contributed by atoms with E-state index in [1.807, 2.05) is 48.5 Å². The molecule has 6 rings (SSSR count). The van der Waals surface area contributed by atoms with E-state index in [4.69, 9.17) is 4.74 Å². The predicted octanol–water partition coefficient (Wildman–Crippen LogP) is 5.30. The van der Waals surface area contributed by atoms with E-state index in [-0.39, 0.29) is 11.8 Å². The van der Waals surface area contributed by atoms with Crippen LogP contribution in [0.5, 0.6) is 5.75 Å². The first-order chi connectivity index (χ1) is 17.6. The molecule has 5 aromatic rings. The Morgan fingerprint density at radius 1 is 0.972 bits per heavy atom. The van der Waals surface area contributed by atoms with Crippen molar-refractivity contribution in [3.05, 3.63) is 89.1 Å². The number of rotatable bonds is 5. The smallest absolute Gasteiger partial charge is 0.273 e. The van der Waals surface area contributed by atoms with Gasteiger partial charge in [-0.05, 0) is 66.9 Å². The van der Waals surface area contributed by atoms with Crippen LogP contribution in [0.3, 0.4) is 0 Å². The Hall–Kier alpha value is -4.50. The van der Waals surface area contributed by atoms with E-state index >= 15 is 0 Å². The number of methoxy groups -OCH3 is 1. The number of nitrogens with one attached hydrogen (secondary N) is 3. The maximum atomic E-state index is 13.1. The van der Waals surface area contributed by atoms with E-state index < -0.39 is 0 Å². The van der Waals surface area contributed by atoms with Gasteiger partial charge in [-0.25, -0.2) is 4.98 Å². The lowest BCUT2D eigenvalue weighted by atomic mass is 9.89. The molecule has 0 unspecified atom stereocenters. The van der Waals surface area contributed by atoms with Gasteiger partial charge in [0.1, 0.15) is 11.4 Å². The van der Waals surface area contributed by atoms with E-state index in [1.54, 1.807) is 25.3 Å². The minimum absolute atomic E-state index is 0.216. The molecule has 36 heavy (non-hydrogen) atoms. The highest BCUT2D eigenvalue weighted by atomic mass is 32.1. The third kappa shape index (κ3) is 3.99. The van der Waals surface area contributed by atoms with Crippen molar-refractivity contribution in [3.63, 3.8) is 0 Å². The monoisotopic (exact) mass is 495 g/mol. The molecule has 2 heterocycles. The number of H-pyrrole nitrogens is 1. The van der Waals surface area contributed by atoms with Gasteiger partial charge in [0, 0.05) is 22.4 Å². The Kier molecular flexibility index (Phi) is 5.46. The SMILES string of the molecule is COc1ccc2c(c1)CCc1c-2n[nH]c1C(=O)Nc1ccc2nc(NC(=O)c3ccccc3)sc2c1. The Balaban J connectivity index is 1.21. The summed E-state index contributed by atoms with van der Waals surface area (Å²) >= 11 is 1.35. The van der Waals surface area contributed by atoms with Gasteiger partial charge in [0.25, 0.3) is 11.8 Å². The number of carbonyl (C=O) groups is 2. The van der Waals surface area contributed by atoms with E-state index in [0.29, 0.717) is 28.5 Å². The van der Waals surface area contributed by atoms with Crippen LogP contribution in [-0.4, -0.2) is 34.1 Å². The first-order valence-corrected chi connectivity index (χ1v) is 12.2. The molecule has 0 saturated carbocycles. The molecule has 0 spiro atoms. The maximum Gasteiger partial charge on any atom is 0.273 e. The van der Waals surface area contributed by atoms with Gasteiger partial charge in [0.15, 0.2) is 5.13 Å². The lowest BCUT2D eigenvalue weighted by Gasteiger charge is -2.17. The molecule has 0 aliphatic heterocycles. The Labute approximate surface area is 210 Å². The van der Waals surface area contributed by atoms with Crippen LogP contribution >= 0.6 is 11.3 Å². The number of hydrogen-bond acceptors (Lipinski definition) is 6. The number of nitrogens with zero attached hydrogens (tertiary/aromatic N) is 2. The van der Waals surface area contributed by atoms with Gasteiger partial charge < -0.3 is 10.1 Å². The number of carbonyl (C=O) groups excluding carboxylic acids is 2. The summed E-state index contributed by atoms with van der Waals surface area (Å²) in [6.07, 6.45) is 1.52. The molecular formula is C27H21N5O3S. The van der Waals surface area contributed by atoms with E-state index in [1.165, 1.54) is 11.3 Å². The second-order valence-corrected chi connectivity index (χ2v) is 9.46. The summed E-state index contributed by atoms with van der Waals surface area (Å²) in [5, 5.41) is 13.7. The molecule has 3 aromatic carbocycles. The highest BCUT2D eigenvalue weighted by molar-refractivity contribution is 7.22. The molecule has 1 aliphatic carbocycles. The van der Waals surface area contributed by atoms with Crippen LogP contribution in [0, 0.1) is 0 Å². The number of aromatic nitrogens is 3. The maximum absolute atomic E-state index is 13.1. The Morgan fingerprint density at radius 2 is 1.83 bits per heavy atom. The summed E-state index contributed by atoms with van der Waals surface area (Å²) in [7, 11) is 1.65. The third-order valence-electron chi connectivity index (χ3n) is 6.21. The van der Waals surface area contributed by atoms with E-state index in [0.717, 1.165) is 44.8 Å². The fourth-order valence-electron chi connectivity index (χ4n) is 4.42. The van der Waals surface area contributed by atoms with Crippen molar-refractivity contribution >= 4 is 44.2 Å². The zero-order valence-electron chi connectivity index (χ0n) is 19.3. The molecule has 9 heteroatoms. The number of amides is 2. The summed E-state index contributed by atoms with van der Waals surface area (Å²) < 4.78 is 6.19. The van der Waals surface area contributed by atoms with Gasteiger partial charge in [-0.3, -0.25) is 20.0 Å². The average Bonchev–Trinajstić information content (AvgIpc) is 3.52. The highest BCUT2D eigenvalue weighted by Crippen LogP contribution is 2.36. The van der Waals surface area contributed by atoms with Gasteiger partial charge in [0.2, 0.25) is 0 Å². The molecule has 1 aliphatic rings.